The largest absolute Gasteiger partial charge is 0.493 e. The highest BCUT2D eigenvalue weighted by atomic mass is 16.5. The highest BCUT2D eigenvalue weighted by Gasteiger charge is 2.35. The topological polar surface area (TPSA) is 33.7 Å². The molecule has 1 unspecified atom stereocenters. The molecular formula is C17H28N2O2. The van der Waals surface area contributed by atoms with Crippen LogP contribution < -0.4 is 14.8 Å². The normalized spacial score (nSPS) is 20.0. The van der Waals surface area contributed by atoms with Gasteiger partial charge in [-0.25, -0.2) is 0 Å². The molecule has 0 aromatic heterocycles. The highest BCUT2D eigenvalue weighted by molar-refractivity contribution is 5.48. The second-order valence-corrected chi connectivity index (χ2v) is 6.48. The minimum atomic E-state index is -0.159. The minimum absolute atomic E-state index is 0.159. The predicted molar refractivity (Wildman–Crippen MR) is 86.2 cm³/mol. The van der Waals surface area contributed by atoms with Gasteiger partial charge in [0.15, 0.2) is 0 Å². The molecule has 118 valence electrons. The molecule has 4 nitrogen and oxygen atoms in total. The Balaban J connectivity index is 2.24. The van der Waals surface area contributed by atoms with Crippen molar-refractivity contribution in [2.75, 3.05) is 33.8 Å². The lowest BCUT2D eigenvalue weighted by Gasteiger charge is -2.38. The van der Waals surface area contributed by atoms with Gasteiger partial charge in [0.1, 0.15) is 17.1 Å². The van der Waals surface area contributed by atoms with E-state index in [0.29, 0.717) is 6.61 Å². The number of hydrogen-bond acceptors (Lipinski definition) is 4. The maximum atomic E-state index is 6.13. The Hall–Kier alpha value is -1.26. The van der Waals surface area contributed by atoms with Crippen LogP contribution in [0.4, 0.5) is 0 Å². The summed E-state index contributed by atoms with van der Waals surface area (Å²) in [5.41, 5.74) is 1.01. The number of nitrogens with one attached hydrogen (secondary N) is 1. The Kier molecular flexibility index (Phi) is 5.12. The molecule has 0 fully saturated rings. The minimum Gasteiger partial charge on any atom is -0.493 e. The van der Waals surface area contributed by atoms with Gasteiger partial charge in [0.2, 0.25) is 0 Å². The van der Waals surface area contributed by atoms with Gasteiger partial charge in [-0.2, -0.15) is 0 Å². The molecular weight excluding hydrogens is 264 g/mol. The predicted octanol–water partition coefficient (Wildman–Crippen LogP) is 2.84. The van der Waals surface area contributed by atoms with E-state index in [1.54, 1.807) is 0 Å². The summed E-state index contributed by atoms with van der Waals surface area (Å²) in [7, 11) is 4.18. The van der Waals surface area contributed by atoms with Crippen LogP contribution in [0.15, 0.2) is 18.2 Å². The first-order valence-electron chi connectivity index (χ1n) is 7.76. The molecule has 0 amide bonds. The molecule has 1 aliphatic heterocycles. The summed E-state index contributed by atoms with van der Waals surface area (Å²) in [5, 5.41) is 3.66. The molecule has 0 bridgehead atoms. The zero-order valence-electron chi connectivity index (χ0n) is 13.9. The molecule has 21 heavy (non-hydrogen) atoms. The maximum Gasteiger partial charge on any atom is 0.128 e. The van der Waals surface area contributed by atoms with Gasteiger partial charge in [-0.3, -0.25) is 0 Å². The standard InChI is InChI=1S/C17H28N2O2/c1-6-20-14-8-7-9-15-16(14)13(12-17(2,3)21-15)18-10-11-19(4)5/h7-9,13,18H,6,10-12H2,1-5H3. The molecule has 1 N–H and O–H groups in total. The van der Waals surface area contributed by atoms with Crippen molar-refractivity contribution in [1.29, 1.82) is 0 Å². The molecule has 4 heteroatoms. The summed E-state index contributed by atoms with van der Waals surface area (Å²) in [5.74, 6) is 1.88. The van der Waals surface area contributed by atoms with Crippen molar-refractivity contribution >= 4 is 0 Å². The fourth-order valence-corrected chi connectivity index (χ4v) is 2.81. The van der Waals surface area contributed by atoms with E-state index in [1.165, 1.54) is 0 Å². The zero-order valence-corrected chi connectivity index (χ0v) is 13.9. The average Bonchev–Trinajstić information content (AvgIpc) is 2.37. The van der Waals surface area contributed by atoms with Gasteiger partial charge in [-0.1, -0.05) is 6.07 Å². The molecule has 1 aromatic rings. The lowest BCUT2D eigenvalue weighted by molar-refractivity contribution is 0.0642. The molecule has 1 aromatic carbocycles. The van der Waals surface area contributed by atoms with Crippen molar-refractivity contribution in [3.05, 3.63) is 23.8 Å². The Morgan fingerprint density at radius 3 is 2.81 bits per heavy atom. The van der Waals surface area contributed by atoms with Gasteiger partial charge < -0.3 is 19.7 Å². The third kappa shape index (κ3) is 4.11. The Labute approximate surface area is 128 Å². The van der Waals surface area contributed by atoms with Crippen molar-refractivity contribution in [3.63, 3.8) is 0 Å². The third-order valence-corrected chi connectivity index (χ3v) is 3.71. The van der Waals surface area contributed by atoms with Crippen LogP contribution in [0.5, 0.6) is 11.5 Å². The smallest absolute Gasteiger partial charge is 0.128 e. The van der Waals surface area contributed by atoms with E-state index < -0.39 is 0 Å². The number of hydrogen-bond donors (Lipinski definition) is 1. The van der Waals surface area contributed by atoms with E-state index in [1.807, 2.05) is 25.1 Å². The number of benzene rings is 1. The van der Waals surface area contributed by atoms with Crippen molar-refractivity contribution in [2.45, 2.75) is 38.8 Å². The molecule has 0 saturated heterocycles. The van der Waals surface area contributed by atoms with E-state index in [0.717, 1.165) is 36.6 Å². The van der Waals surface area contributed by atoms with Crippen LogP contribution >= 0.6 is 0 Å². The van der Waals surface area contributed by atoms with Gasteiger partial charge in [0.05, 0.1) is 12.2 Å². The lowest BCUT2D eigenvalue weighted by Crippen LogP contribution is -2.41. The molecule has 0 spiro atoms. The molecule has 2 rings (SSSR count). The first kappa shape index (κ1) is 16.1. The zero-order chi connectivity index (χ0) is 15.5. The van der Waals surface area contributed by atoms with Crippen LogP contribution in [0.25, 0.3) is 0 Å². The summed E-state index contributed by atoms with van der Waals surface area (Å²) >= 11 is 0. The number of ether oxygens (including phenoxy) is 2. The average molecular weight is 292 g/mol. The second kappa shape index (κ2) is 6.67. The highest BCUT2D eigenvalue weighted by Crippen LogP contribution is 2.44. The van der Waals surface area contributed by atoms with E-state index >= 15 is 0 Å². The van der Waals surface area contributed by atoms with E-state index in [4.69, 9.17) is 9.47 Å². The Morgan fingerprint density at radius 2 is 2.14 bits per heavy atom. The SMILES string of the molecule is CCOc1cccc2c1C(NCCN(C)C)CC(C)(C)O2. The van der Waals surface area contributed by atoms with Crippen LogP contribution in [-0.4, -0.2) is 44.3 Å². The first-order valence-corrected chi connectivity index (χ1v) is 7.76. The summed E-state index contributed by atoms with van der Waals surface area (Å²) < 4.78 is 11.9. The fourth-order valence-electron chi connectivity index (χ4n) is 2.81. The monoisotopic (exact) mass is 292 g/mol. The van der Waals surface area contributed by atoms with Crippen LogP contribution in [0, 0.1) is 0 Å². The molecule has 1 heterocycles. The number of likely N-dealkylation sites (N-methyl/N-ethyl adjacent to an activating group) is 1. The van der Waals surface area contributed by atoms with Gasteiger partial charge in [0, 0.05) is 25.6 Å². The Morgan fingerprint density at radius 1 is 1.38 bits per heavy atom. The third-order valence-electron chi connectivity index (χ3n) is 3.71. The summed E-state index contributed by atoms with van der Waals surface area (Å²) in [6.07, 6.45) is 0.942. The van der Waals surface area contributed by atoms with Gasteiger partial charge >= 0.3 is 0 Å². The Bertz CT molecular complexity index is 472. The number of nitrogens with zero attached hydrogens (tertiary/aromatic N) is 1. The lowest BCUT2D eigenvalue weighted by atomic mass is 9.89. The summed E-state index contributed by atoms with van der Waals surface area (Å²) in [6.45, 7) is 8.94. The molecule has 0 radical (unpaired) electrons. The van der Waals surface area contributed by atoms with Crippen molar-refractivity contribution < 1.29 is 9.47 Å². The van der Waals surface area contributed by atoms with Gasteiger partial charge in [-0.15, -0.1) is 0 Å². The molecule has 1 aliphatic rings. The summed E-state index contributed by atoms with van der Waals surface area (Å²) in [6, 6.07) is 6.35. The van der Waals surface area contributed by atoms with Crippen molar-refractivity contribution in [1.82, 2.24) is 10.2 Å². The fraction of sp³-hybridized carbons (Fsp3) is 0.647. The maximum absolute atomic E-state index is 6.13. The van der Waals surface area contributed by atoms with Crippen molar-refractivity contribution in [2.24, 2.45) is 0 Å². The number of fused-ring (bicyclic) bond motifs is 1. The van der Waals surface area contributed by atoms with E-state index in [9.17, 15) is 0 Å². The van der Waals surface area contributed by atoms with Crippen LogP contribution in [-0.2, 0) is 0 Å². The van der Waals surface area contributed by atoms with Crippen LogP contribution in [0.3, 0.4) is 0 Å². The molecule has 0 saturated carbocycles. The van der Waals surface area contributed by atoms with Crippen LogP contribution in [0.2, 0.25) is 0 Å². The molecule has 0 aliphatic carbocycles. The van der Waals surface area contributed by atoms with Crippen LogP contribution in [0.1, 0.15) is 38.8 Å². The number of rotatable bonds is 6. The van der Waals surface area contributed by atoms with E-state index in [-0.39, 0.29) is 11.6 Å². The van der Waals surface area contributed by atoms with E-state index in [2.05, 4.69) is 38.2 Å². The van der Waals surface area contributed by atoms with Gasteiger partial charge in [-0.05, 0) is 47.0 Å². The molecule has 1 atom stereocenters. The quantitative estimate of drug-likeness (QED) is 0.874. The van der Waals surface area contributed by atoms with Gasteiger partial charge in [0.25, 0.3) is 0 Å². The second-order valence-electron chi connectivity index (χ2n) is 6.48. The van der Waals surface area contributed by atoms with Crippen molar-refractivity contribution in [3.8, 4) is 11.5 Å². The first-order chi connectivity index (χ1) is 9.93. The summed E-state index contributed by atoms with van der Waals surface area (Å²) in [4.78, 5) is 2.19.